The minimum atomic E-state index is 0.193. The molecule has 4 atom stereocenters. The van der Waals surface area contributed by atoms with Gasteiger partial charge in [0.1, 0.15) is 0 Å². The zero-order chi connectivity index (χ0) is 20.1. The lowest BCUT2D eigenvalue weighted by molar-refractivity contribution is -0.0209. The summed E-state index contributed by atoms with van der Waals surface area (Å²) in [7, 11) is 6.11. The van der Waals surface area contributed by atoms with E-state index in [1.807, 2.05) is 13.2 Å². The van der Waals surface area contributed by atoms with Crippen LogP contribution in [0, 0.1) is 11.8 Å². The molecule has 0 unspecified atom stereocenters. The number of rotatable bonds is 3. The maximum absolute atomic E-state index is 13.5. The van der Waals surface area contributed by atoms with E-state index in [2.05, 4.69) is 41.0 Å². The molecule has 5 heteroatoms. The van der Waals surface area contributed by atoms with Crippen LogP contribution in [-0.2, 0) is 17.6 Å². The molecule has 1 saturated carbocycles. The summed E-state index contributed by atoms with van der Waals surface area (Å²) in [6, 6.07) is 6.69. The summed E-state index contributed by atoms with van der Waals surface area (Å²) < 4.78 is 5.81. The fourth-order valence-electron chi connectivity index (χ4n) is 6.13. The lowest BCUT2D eigenvalue weighted by Gasteiger charge is -2.40. The Morgan fingerprint density at radius 3 is 2.66 bits per heavy atom. The number of nitrogens with zero attached hydrogens (tertiary/aromatic N) is 2. The number of fused-ring (bicyclic) bond motifs is 4. The molecule has 2 aliphatic carbocycles. The molecular weight excluding hydrogens is 362 g/mol. The third-order valence-corrected chi connectivity index (χ3v) is 7.70. The van der Waals surface area contributed by atoms with E-state index in [1.54, 1.807) is 0 Å². The van der Waals surface area contributed by atoms with E-state index in [1.165, 1.54) is 29.5 Å². The average molecular weight is 396 g/mol. The highest BCUT2D eigenvalue weighted by Gasteiger charge is 2.44. The van der Waals surface area contributed by atoms with Gasteiger partial charge in [0.2, 0.25) is 0 Å². The molecule has 2 fully saturated rings. The number of carbonyl (C=O) groups is 1. The molecular formula is C24H33N3O2. The Morgan fingerprint density at radius 1 is 1.14 bits per heavy atom. The van der Waals surface area contributed by atoms with Gasteiger partial charge < -0.3 is 19.5 Å². The van der Waals surface area contributed by atoms with Crippen molar-refractivity contribution in [3.05, 3.63) is 35.0 Å². The number of nitrogens with one attached hydrogen (secondary N) is 1. The van der Waals surface area contributed by atoms with Crippen LogP contribution < -0.4 is 0 Å². The number of H-pyrrole nitrogens is 1. The van der Waals surface area contributed by atoms with Crippen LogP contribution in [0.15, 0.2) is 18.2 Å². The van der Waals surface area contributed by atoms with Crippen molar-refractivity contribution in [3.8, 4) is 0 Å². The minimum Gasteiger partial charge on any atom is -0.380 e. The first-order chi connectivity index (χ1) is 14.1. The molecule has 0 radical (unpaired) electrons. The topological polar surface area (TPSA) is 48.6 Å². The van der Waals surface area contributed by atoms with Gasteiger partial charge in [-0.25, -0.2) is 0 Å². The van der Waals surface area contributed by atoms with Crippen molar-refractivity contribution < 1.29 is 9.53 Å². The van der Waals surface area contributed by atoms with Gasteiger partial charge in [-0.05, 0) is 76.1 Å². The first-order valence-electron chi connectivity index (χ1n) is 11.2. The van der Waals surface area contributed by atoms with Crippen molar-refractivity contribution in [3.63, 3.8) is 0 Å². The van der Waals surface area contributed by atoms with Crippen LogP contribution in [-0.4, -0.2) is 67.1 Å². The Morgan fingerprint density at radius 2 is 1.90 bits per heavy atom. The van der Waals surface area contributed by atoms with Gasteiger partial charge in [0, 0.05) is 37.3 Å². The number of aryl methyl sites for hydroxylation is 2. The lowest BCUT2D eigenvalue weighted by Crippen LogP contribution is -2.47. The maximum Gasteiger partial charge on any atom is 0.256 e. The van der Waals surface area contributed by atoms with Gasteiger partial charge in [0.15, 0.2) is 0 Å². The van der Waals surface area contributed by atoms with Crippen molar-refractivity contribution in [1.82, 2.24) is 14.8 Å². The number of likely N-dealkylation sites (tertiary alicyclic amines) is 1. The van der Waals surface area contributed by atoms with Crippen LogP contribution in [0.25, 0.3) is 10.9 Å². The molecule has 2 aromatic rings. The van der Waals surface area contributed by atoms with E-state index in [-0.39, 0.29) is 12.0 Å². The second kappa shape index (κ2) is 7.44. The molecule has 5 nitrogen and oxygen atoms in total. The SMILES string of the molecule is CO[C@@H]1C[C@H]2CN(C(=O)c3cccc4c5c([nH]c34)CCCC5)C[C@H]2C[C@H]1N(C)C. The Kier molecular flexibility index (Phi) is 4.91. The third-order valence-electron chi connectivity index (χ3n) is 7.70. The van der Waals surface area contributed by atoms with Crippen molar-refractivity contribution in [2.75, 3.05) is 34.3 Å². The normalized spacial score (nSPS) is 29.3. The number of aromatic nitrogens is 1. The quantitative estimate of drug-likeness (QED) is 0.866. The first kappa shape index (κ1) is 19.1. The summed E-state index contributed by atoms with van der Waals surface area (Å²) >= 11 is 0. The monoisotopic (exact) mass is 395 g/mol. The number of para-hydroxylation sites is 1. The molecule has 1 saturated heterocycles. The number of methoxy groups -OCH3 is 1. The van der Waals surface area contributed by atoms with Crippen molar-refractivity contribution in [2.45, 2.75) is 50.7 Å². The van der Waals surface area contributed by atoms with Crippen LogP contribution >= 0.6 is 0 Å². The summed E-state index contributed by atoms with van der Waals surface area (Å²) in [6.45, 7) is 1.74. The second-order valence-electron chi connectivity index (χ2n) is 9.52. The van der Waals surface area contributed by atoms with Gasteiger partial charge in [0.05, 0.1) is 17.2 Å². The molecule has 1 aromatic heterocycles. The summed E-state index contributed by atoms with van der Waals surface area (Å²) in [5, 5.41) is 1.26. The molecule has 1 amide bonds. The van der Waals surface area contributed by atoms with Crippen molar-refractivity contribution in [2.24, 2.45) is 11.8 Å². The van der Waals surface area contributed by atoms with Crippen LogP contribution in [0.4, 0.5) is 0 Å². The summed E-state index contributed by atoms with van der Waals surface area (Å²) in [6.07, 6.45) is 7.16. The van der Waals surface area contributed by atoms with Crippen LogP contribution in [0.2, 0.25) is 0 Å². The number of aromatic amines is 1. The Labute approximate surface area is 173 Å². The third kappa shape index (κ3) is 3.19. The number of benzene rings is 1. The van der Waals surface area contributed by atoms with Crippen molar-refractivity contribution in [1.29, 1.82) is 0 Å². The predicted molar refractivity (Wildman–Crippen MR) is 115 cm³/mol. The van der Waals surface area contributed by atoms with E-state index in [9.17, 15) is 4.79 Å². The van der Waals surface area contributed by atoms with E-state index in [0.29, 0.717) is 17.9 Å². The highest BCUT2D eigenvalue weighted by Crippen LogP contribution is 2.40. The Hall–Kier alpha value is -1.85. The highest BCUT2D eigenvalue weighted by molar-refractivity contribution is 6.07. The minimum absolute atomic E-state index is 0.193. The molecule has 156 valence electrons. The van der Waals surface area contributed by atoms with Crippen LogP contribution in [0.3, 0.4) is 0 Å². The number of ether oxygens (including phenoxy) is 1. The Balaban J connectivity index is 1.40. The van der Waals surface area contributed by atoms with E-state index >= 15 is 0 Å². The molecule has 2 heterocycles. The van der Waals surface area contributed by atoms with Gasteiger partial charge in [-0.1, -0.05) is 12.1 Å². The smallest absolute Gasteiger partial charge is 0.256 e. The molecule has 0 spiro atoms. The van der Waals surface area contributed by atoms with E-state index in [4.69, 9.17) is 4.74 Å². The number of amides is 1. The highest BCUT2D eigenvalue weighted by atomic mass is 16.5. The fourth-order valence-corrected chi connectivity index (χ4v) is 6.13. The lowest BCUT2D eigenvalue weighted by atomic mass is 9.77. The molecule has 1 aromatic carbocycles. The number of carbonyl (C=O) groups excluding carboxylic acids is 1. The van der Waals surface area contributed by atoms with Crippen LogP contribution in [0.5, 0.6) is 0 Å². The molecule has 1 N–H and O–H groups in total. The average Bonchev–Trinajstić information content (AvgIpc) is 3.32. The summed E-state index contributed by atoms with van der Waals surface area (Å²) in [5.74, 6) is 1.32. The van der Waals surface area contributed by atoms with E-state index in [0.717, 1.165) is 49.9 Å². The molecule has 29 heavy (non-hydrogen) atoms. The first-order valence-corrected chi connectivity index (χ1v) is 11.2. The van der Waals surface area contributed by atoms with Gasteiger partial charge in [-0.3, -0.25) is 4.79 Å². The zero-order valence-corrected chi connectivity index (χ0v) is 17.9. The molecule has 1 aliphatic heterocycles. The van der Waals surface area contributed by atoms with Crippen molar-refractivity contribution >= 4 is 16.8 Å². The number of hydrogen-bond acceptors (Lipinski definition) is 3. The summed E-state index contributed by atoms with van der Waals surface area (Å²) in [4.78, 5) is 21.6. The fraction of sp³-hybridized carbons (Fsp3) is 0.625. The Bertz CT molecular complexity index is 918. The van der Waals surface area contributed by atoms with Gasteiger partial charge in [0.25, 0.3) is 5.91 Å². The van der Waals surface area contributed by atoms with Gasteiger partial charge in [-0.2, -0.15) is 0 Å². The zero-order valence-electron chi connectivity index (χ0n) is 17.9. The largest absolute Gasteiger partial charge is 0.380 e. The van der Waals surface area contributed by atoms with Gasteiger partial charge >= 0.3 is 0 Å². The molecule has 3 aliphatic rings. The maximum atomic E-state index is 13.5. The predicted octanol–water partition coefficient (Wildman–Crippen LogP) is 3.47. The van der Waals surface area contributed by atoms with E-state index < -0.39 is 0 Å². The van der Waals surface area contributed by atoms with Crippen LogP contribution in [0.1, 0.15) is 47.3 Å². The molecule has 5 rings (SSSR count). The van der Waals surface area contributed by atoms with Gasteiger partial charge in [-0.15, -0.1) is 0 Å². The second-order valence-corrected chi connectivity index (χ2v) is 9.52. The number of hydrogen-bond donors (Lipinski definition) is 1. The standard InChI is InChI=1S/C24H33N3O2/c1-26(2)21-11-15-13-27(14-16(15)12-22(21)29-3)24(28)19-9-6-8-18-17-7-4-5-10-20(17)25-23(18)19/h6,8-9,15-16,21-22,25H,4-5,7,10-14H2,1-3H3/t15-,16+,21-,22-/m1/s1. The summed E-state index contributed by atoms with van der Waals surface area (Å²) in [5.41, 5.74) is 4.69. The number of likely N-dealkylation sites (N-methyl/N-ethyl adjacent to an activating group) is 1. The molecule has 0 bridgehead atoms.